The third kappa shape index (κ3) is 4.87. The second kappa shape index (κ2) is 9.56. The van der Waals surface area contributed by atoms with Crippen molar-refractivity contribution in [1.29, 1.82) is 0 Å². The van der Waals surface area contributed by atoms with Crippen LogP contribution in [0, 0.1) is 0 Å². The first kappa shape index (κ1) is 21.5. The standard InChI is InChI=1S/C23H24N2O4S/c1-3-25(4-2)30(27,28)21-14-12-19(13-15-21)24-23(26)22(17-20-11-8-16-29-20)18-9-6-5-7-10-18/h5-17H,3-4H2,1-2H3,(H,24,26)/b22-17+. The van der Waals surface area contributed by atoms with Crippen molar-refractivity contribution < 1.29 is 17.6 Å². The second-order valence-electron chi connectivity index (χ2n) is 6.51. The van der Waals surface area contributed by atoms with Gasteiger partial charge in [0.25, 0.3) is 5.91 Å². The molecule has 0 saturated carbocycles. The molecule has 0 aliphatic heterocycles. The Morgan fingerprint density at radius 1 is 0.967 bits per heavy atom. The van der Waals surface area contributed by atoms with Crippen molar-refractivity contribution in [3.63, 3.8) is 0 Å². The largest absolute Gasteiger partial charge is 0.465 e. The lowest BCUT2D eigenvalue weighted by Crippen LogP contribution is -2.30. The smallest absolute Gasteiger partial charge is 0.256 e. The Morgan fingerprint density at radius 2 is 1.63 bits per heavy atom. The minimum Gasteiger partial charge on any atom is -0.465 e. The molecule has 3 rings (SSSR count). The number of hydrogen-bond acceptors (Lipinski definition) is 4. The van der Waals surface area contributed by atoms with E-state index >= 15 is 0 Å². The minimum absolute atomic E-state index is 0.193. The summed E-state index contributed by atoms with van der Waals surface area (Å²) >= 11 is 0. The summed E-state index contributed by atoms with van der Waals surface area (Å²) in [5.41, 5.74) is 1.68. The van der Waals surface area contributed by atoms with Gasteiger partial charge in [-0.05, 0) is 48.0 Å². The molecule has 156 valence electrons. The predicted octanol–water partition coefficient (Wildman–Crippen LogP) is 4.49. The van der Waals surface area contributed by atoms with Gasteiger partial charge in [0, 0.05) is 18.8 Å². The summed E-state index contributed by atoms with van der Waals surface area (Å²) in [5.74, 6) is 0.238. The fourth-order valence-corrected chi connectivity index (χ4v) is 4.49. The fraction of sp³-hybridized carbons (Fsp3) is 0.174. The Labute approximate surface area is 176 Å². The number of carbonyl (C=O) groups is 1. The van der Waals surface area contributed by atoms with E-state index in [1.807, 2.05) is 30.3 Å². The highest BCUT2D eigenvalue weighted by molar-refractivity contribution is 7.89. The monoisotopic (exact) mass is 424 g/mol. The SMILES string of the molecule is CCN(CC)S(=O)(=O)c1ccc(NC(=O)/C(=C/c2ccco2)c2ccccc2)cc1. The highest BCUT2D eigenvalue weighted by atomic mass is 32.2. The molecule has 30 heavy (non-hydrogen) atoms. The highest BCUT2D eigenvalue weighted by Gasteiger charge is 2.21. The van der Waals surface area contributed by atoms with Crippen LogP contribution in [0.4, 0.5) is 5.69 Å². The average Bonchev–Trinajstić information content (AvgIpc) is 3.27. The Bertz CT molecular complexity index is 1100. The van der Waals surface area contributed by atoms with Crippen molar-refractivity contribution >= 4 is 33.3 Å². The number of furan rings is 1. The van der Waals surface area contributed by atoms with E-state index in [0.29, 0.717) is 30.1 Å². The number of hydrogen-bond donors (Lipinski definition) is 1. The van der Waals surface area contributed by atoms with E-state index in [-0.39, 0.29) is 10.8 Å². The summed E-state index contributed by atoms with van der Waals surface area (Å²) in [6, 6.07) is 19.0. The normalized spacial score (nSPS) is 12.2. The molecule has 0 atom stereocenters. The molecule has 1 aromatic heterocycles. The van der Waals surface area contributed by atoms with Crippen LogP contribution in [0.5, 0.6) is 0 Å². The second-order valence-corrected chi connectivity index (χ2v) is 8.45. The first-order valence-corrected chi connectivity index (χ1v) is 11.1. The molecular formula is C23H24N2O4S. The van der Waals surface area contributed by atoms with Crippen LogP contribution in [-0.4, -0.2) is 31.7 Å². The van der Waals surface area contributed by atoms with E-state index < -0.39 is 10.0 Å². The Hall–Kier alpha value is -3.16. The molecule has 0 saturated heterocycles. The molecule has 7 heteroatoms. The summed E-state index contributed by atoms with van der Waals surface area (Å²) in [6.45, 7) is 4.39. The molecule has 0 spiro atoms. The maximum atomic E-state index is 13.0. The van der Waals surface area contributed by atoms with Crippen LogP contribution in [-0.2, 0) is 14.8 Å². The number of sulfonamides is 1. The van der Waals surface area contributed by atoms with E-state index in [1.54, 1.807) is 50.5 Å². The molecule has 3 aromatic rings. The molecule has 0 aliphatic rings. The van der Waals surface area contributed by atoms with Crippen molar-refractivity contribution in [2.75, 3.05) is 18.4 Å². The lowest BCUT2D eigenvalue weighted by Gasteiger charge is -2.18. The molecule has 0 aliphatic carbocycles. The predicted molar refractivity (Wildman–Crippen MR) is 118 cm³/mol. The van der Waals surface area contributed by atoms with Crippen molar-refractivity contribution in [1.82, 2.24) is 4.31 Å². The van der Waals surface area contributed by atoms with Gasteiger partial charge < -0.3 is 9.73 Å². The van der Waals surface area contributed by atoms with Gasteiger partial charge in [0.05, 0.1) is 16.7 Å². The molecule has 1 heterocycles. The van der Waals surface area contributed by atoms with Gasteiger partial charge in [-0.15, -0.1) is 0 Å². The van der Waals surface area contributed by atoms with Crippen LogP contribution in [0.1, 0.15) is 25.2 Å². The summed E-state index contributed by atoms with van der Waals surface area (Å²) in [7, 11) is -3.54. The molecule has 6 nitrogen and oxygen atoms in total. The van der Waals surface area contributed by atoms with E-state index in [9.17, 15) is 13.2 Å². The lowest BCUT2D eigenvalue weighted by atomic mass is 10.0. The van der Waals surface area contributed by atoms with Gasteiger partial charge in [-0.25, -0.2) is 8.42 Å². The zero-order valence-corrected chi connectivity index (χ0v) is 17.7. The third-order valence-electron chi connectivity index (χ3n) is 4.61. The quantitative estimate of drug-likeness (QED) is 0.541. The molecule has 1 N–H and O–H groups in total. The number of anilines is 1. The zero-order valence-electron chi connectivity index (χ0n) is 16.9. The molecule has 0 bridgehead atoms. The Kier molecular flexibility index (Phi) is 6.87. The van der Waals surface area contributed by atoms with Gasteiger partial charge in [-0.2, -0.15) is 4.31 Å². The van der Waals surface area contributed by atoms with Crippen molar-refractivity contribution in [3.8, 4) is 0 Å². The molecule has 2 aromatic carbocycles. The molecule has 0 fully saturated rings. The summed E-state index contributed by atoms with van der Waals surface area (Å²) in [5, 5.41) is 2.83. The van der Waals surface area contributed by atoms with Crippen molar-refractivity contribution in [3.05, 3.63) is 84.3 Å². The Balaban J connectivity index is 1.85. The van der Waals surface area contributed by atoms with Crippen LogP contribution in [0.25, 0.3) is 11.6 Å². The summed E-state index contributed by atoms with van der Waals surface area (Å²) in [4.78, 5) is 13.2. The number of rotatable bonds is 8. The molecular weight excluding hydrogens is 400 g/mol. The highest BCUT2D eigenvalue weighted by Crippen LogP contribution is 2.22. The van der Waals surface area contributed by atoms with Crippen LogP contribution in [0.3, 0.4) is 0 Å². The van der Waals surface area contributed by atoms with Gasteiger partial charge in [0.2, 0.25) is 10.0 Å². The molecule has 0 radical (unpaired) electrons. The van der Waals surface area contributed by atoms with E-state index in [1.165, 1.54) is 16.4 Å². The maximum Gasteiger partial charge on any atom is 0.256 e. The van der Waals surface area contributed by atoms with Gasteiger partial charge in [-0.3, -0.25) is 4.79 Å². The number of carbonyl (C=O) groups excluding carboxylic acids is 1. The Morgan fingerprint density at radius 3 is 2.20 bits per heavy atom. The zero-order chi connectivity index (χ0) is 21.6. The molecule has 1 amide bonds. The lowest BCUT2D eigenvalue weighted by molar-refractivity contribution is -0.111. The summed E-state index contributed by atoms with van der Waals surface area (Å²) in [6.07, 6.45) is 3.21. The van der Waals surface area contributed by atoms with Crippen molar-refractivity contribution in [2.45, 2.75) is 18.7 Å². The van der Waals surface area contributed by atoms with Crippen LogP contribution < -0.4 is 5.32 Å². The van der Waals surface area contributed by atoms with Gasteiger partial charge in [0.1, 0.15) is 5.76 Å². The average molecular weight is 425 g/mol. The van der Waals surface area contributed by atoms with E-state index in [4.69, 9.17) is 4.42 Å². The van der Waals surface area contributed by atoms with E-state index in [2.05, 4.69) is 5.32 Å². The maximum absolute atomic E-state index is 13.0. The van der Waals surface area contributed by atoms with Crippen LogP contribution in [0.2, 0.25) is 0 Å². The van der Waals surface area contributed by atoms with Gasteiger partial charge >= 0.3 is 0 Å². The topological polar surface area (TPSA) is 79.6 Å². The number of nitrogens with one attached hydrogen (secondary N) is 1. The van der Waals surface area contributed by atoms with Crippen LogP contribution >= 0.6 is 0 Å². The number of nitrogens with zero attached hydrogens (tertiary/aromatic N) is 1. The van der Waals surface area contributed by atoms with Crippen LogP contribution in [0.15, 0.2) is 82.3 Å². The number of amides is 1. The third-order valence-corrected chi connectivity index (χ3v) is 6.68. The fourth-order valence-electron chi connectivity index (χ4n) is 3.03. The minimum atomic E-state index is -3.54. The first-order valence-electron chi connectivity index (χ1n) is 9.68. The van der Waals surface area contributed by atoms with Crippen molar-refractivity contribution in [2.24, 2.45) is 0 Å². The van der Waals surface area contributed by atoms with Gasteiger partial charge in [-0.1, -0.05) is 44.2 Å². The number of benzene rings is 2. The molecule has 0 unspecified atom stereocenters. The van der Waals surface area contributed by atoms with E-state index in [0.717, 1.165) is 5.56 Å². The summed E-state index contributed by atoms with van der Waals surface area (Å²) < 4.78 is 32.0. The van der Waals surface area contributed by atoms with Gasteiger partial charge in [0.15, 0.2) is 0 Å². The first-order chi connectivity index (χ1) is 14.5.